The number of benzene rings is 4. The summed E-state index contributed by atoms with van der Waals surface area (Å²) in [4.78, 5) is 28.0. The van der Waals surface area contributed by atoms with Crippen molar-refractivity contribution < 1.29 is 19.2 Å². The lowest BCUT2D eigenvalue weighted by Crippen LogP contribution is -2.29. The van der Waals surface area contributed by atoms with Gasteiger partial charge in [0.25, 0.3) is 0 Å². The molecule has 224 valence electrons. The summed E-state index contributed by atoms with van der Waals surface area (Å²) < 4.78 is 11.9. The molecule has 1 aromatic heterocycles. The van der Waals surface area contributed by atoms with Crippen molar-refractivity contribution in [2.45, 2.75) is 44.8 Å². The highest BCUT2D eigenvalue weighted by Crippen LogP contribution is 2.32. The standard InChI is InChI=1S/C36H35N3O5/c40-35(27-15-18-36(34(21-27)39(41)42)44-24-25-9-3-1-4-10-25)23-37-31(26-11-5-2-6-12-26)19-20-43-28-16-17-30-29-13-7-8-14-32(29)38-33(30)22-28/h1-6,9-12,15-18,21-22,31,37-38H,7-8,13-14,19-20,23-24H2. The number of nitrogens with one attached hydrogen (secondary N) is 2. The van der Waals surface area contributed by atoms with E-state index >= 15 is 0 Å². The number of carbonyl (C=O) groups excluding carboxylic acids is 1. The third-order valence-corrected chi connectivity index (χ3v) is 8.17. The Hall–Kier alpha value is -4.95. The summed E-state index contributed by atoms with van der Waals surface area (Å²) in [6, 6.07) is 29.8. The zero-order valence-electron chi connectivity index (χ0n) is 24.5. The number of nitro groups is 1. The Morgan fingerprint density at radius 2 is 1.68 bits per heavy atom. The Morgan fingerprint density at radius 3 is 2.48 bits per heavy atom. The molecule has 44 heavy (non-hydrogen) atoms. The first-order chi connectivity index (χ1) is 21.5. The van der Waals surface area contributed by atoms with Gasteiger partial charge in [-0.05, 0) is 66.6 Å². The number of H-pyrrole nitrogens is 1. The molecule has 4 aromatic carbocycles. The lowest BCUT2D eigenvalue weighted by molar-refractivity contribution is -0.386. The molecule has 8 nitrogen and oxygen atoms in total. The van der Waals surface area contributed by atoms with Gasteiger partial charge in [0.15, 0.2) is 11.5 Å². The summed E-state index contributed by atoms with van der Waals surface area (Å²) in [7, 11) is 0. The van der Waals surface area contributed by atoms with Crippen LogP contribution in [0.1, 0.15) is 58.0 Å². The fourth-order valence-corrected chi connectivity index (χ4v) is 5.86. The van der Waals surface area contributed by atoms with E-state index in [0.717, 1.165) is 35.2 Å². The van der Waals surface area contributed by atoms with Crippen LogP contribution in [0, 0.1) is 10.1 Å². The molecule has 1 heterocycles. The van der Waals surface area contributed by atoms with Crippen LogP contribution in [-0.4, -0.2) is 28.8 Å². The minimum atomic E-state index is -0.519. The molecule has 1 unspecified atom stereocenters. The van der Waals surface area contributed by atoms with E-state index in [1.54, 1.807) is 6.07 Å². The summed E-state index contributed by atoms with van der Waals surface area (Å²) in [6.45, 7) is 0.658. The van der Waals surface area contributed by atoms with Crippen LogP contribution in [0.2, 0.25) is 0 Å². The van der Waals surface area contributed by atoms with Gasteiger partial charge in [-0.1, -0.05) is 60.7 Å². The second-order valence-corrected chi connectivity index (χ2v) is 11.1. The van der Waals surface area contributed by atoms with Gasteiger partial charge in [0.2, 0.25) is 0 Å². The molecule has 1 atom stereocenters. The number of aryl methyl sites for hydroxylation is 2. The van der Waals surface area contributed by atoms with Crippen molar-refractivity contribution in [3.05, 3.63) is 135 Å². The lowest BCUT2D eigenvalue weighted by Gasteiger charge is -2.19. The molecule has 1 aliphatic carbocycles. The fourth-order valence-electron chi connectivity index (χ4n) is 5.86. The van der Waals surface area contributed by atoms with E-state index in [2.05, 4.69) is 22.4 Å². The number of Topliss-reactive ketones (excluding diaryl/α,β-unsaturated/α-hetero) is 1. The zero-order chi connectivity index (χ0) is 30.3. The number of hydrogen-bond acceptors (Lipinski definition) is 6. The number of ketones is 1. The summed E-state index contributed by atoms with van der Waals surface area (Å²) in [5.74, 6) is 0.687. The minimum Gasteiger partial charge on any atom is -0.493 e. The van der Waals surface area contributed by atoms with Crippen LogP contribution in [0.25, 0.3) is 10.9 Å². The summed E-state index contributed by atoms with van der Waals surface area (Å²) in [5.41, 5.74) is 5.85. The SMILES string of the molecule is O=C(CNC(CCOc1ccc2c3c([nH]c2c1)CCCC3)c1ccccc1)c1ccc(OCc2ccccc2)c([N+](=O)[O-])c1. The number of nitro benzene ring substituents is 1. The van der Waals surface area contributed by atoms with Crippen LogP contribution in [-0.2, 0) is 19.4 Å². The maximum atomic E-state index is 13.2. The number of rotatable bonds is 13. The smallest absolute Gasteiger partial charge is 0.311 e. The number of aromatic nitrogens is 1. The Bertz CT molecular complexity index is 1750. The molecule has 0 amide bonds. The molecule has 0 radical (unpaired) electrons. The summed E-state index contributed by atoms with van der Waals surface area (Å²) in [5, 5.41) is 16.4. The molecule has 0 saturated heterocycles. The second-order valence-electron chi connectivity index (χ2n) is 11.1. The van der Waals surface area contributed by atoms with Gasteiger partial charge in [0, 0.05) is 46.8 Å². The number of ether oxygens (including phenoxy) is 2. The molecule has 1 aliphatic rings. The van der Waals surface area contributed by atoms with E-state index in [0.29, 0.717) is 13.0 Å². The number of nitrogens with zero attached hydrogens (tertiary/aromatic N) is 1. The van der Waals surface area contributed by atoms with Gasteiger partial charge in [-0.2, -0.15) is 0 Å². The van der Waals surface area contributed by atoms with Gasteiger partial charge in [-0.3, -0.25) is 14.9 Å². The zero-order valence-corrected chi connectivity index (χ0v) is 24.5. The van der Waals surface area contributed by atoms with E-state index in [1.807, 2.05) is 66.7 Å². The van der Waals surface area contributed by atoms with Crippen LogP contribution in [0.15, 0.2) is 97.1 Å². The van der Waals surface area contributed by atoms with Crippen molar-refractivity contribution in [2.75, 3.05) is 13.2 Å². The van der Waals surface area contributed by atoms with Crippen molar-refractivity contribution >= 4 is 22.4 Å². The predicted molar refractivity (Wildman–Crippen MR) is 170 cm³/mol. The first-order valence-electron chi connectivity index (χ1n) is 15.1. The van der Waals surface area contributed by atoms with Crippen molar-refractivity contribution in [1.29, 1.82) is 0 Å². The summed E-state index contributed by atoms with van der Waals surface area (Å²) >= 11 is 0. The van der Waals surface area contributed by atoms with Crippen molar-refractivity contribution in [1.82, 2.24) is 10.3 Å². The summed E-state index contributed by atoms with van der Waals surface area (Å²) in [6.07, 6.45) is 5.31. The molecule has 0 spiro atoms. The Labute approximate surface area is 256 Å². The average Bonchev–Trinajstić information content (AvgIpc) is 3.44. The van der Waals surface area contributed by atoms with E-state index < -0.39 is 4.92 Å². The highest BCUT2D eigenvalue weighted by molar-refractivity contribution is 5.98. The predicted octanol–water partition coefficient (Wildman–Crippen LogP) is 7.52. The highest BCUT2D eigenvalue weighted by atomic mass is 16.6. The highest BCUT2D eigenvalue weighted by Gasteiger charge is 2.21. The molecular weight excluding hydrogens is 554 g/mol. The molecule has 0 saturated carbocycles. The molecule has 6 rings (SSSR count). The molecule has 0 fully saturated rings. The van der Waals surface area contributed by atoms with E-state index in [4.69, 9.17) is 9.47 Å². The Kier molecular flexibility index (Phi) is 8.98. The first kappa shape index (κ1) is 29.1. The van der Waals surface area contributed by atoms with Crippen LogP contribution in [0.3, 0.4) is 0 Å². The topological polar surface area (TPSA) is 106 Å². The Balaban J connectivity index is 1.09. The number of hydrogen-bond donors (Lipinski definition) is 2. The van der Waals surface area contributed by atoms with Gasteiger partial charge < -0.3 is 19.8 Å². The molecule has 0 bridgehead atoms. The van der Waals surface area contributed by atoms with Gasteiger partial charge in [-0.15, -0.1) is 0 Å². The molecule has 5 aromatic rings. The molecule has 0 aliphatic heterocycles. The molecule has 2 N–H and O–H groups in total. The number of fused-ring (bicyclic) bond motifs is 3. The van der Waals surface area contributed by atoms with Gasteiger partial charge in [0.1, 0.15) is 12.4 Å². The monoisotopic (exact) mass is 589 g/mol. The maximum Gasteiger partial charge on any atom is 0.311 e. The third-order valence-electron chi connectivity index (χ3n) is 8.17. The van der Waals surface area contributed by atoms with E-state index in [-0.39, 0.29) is 42.0 Å². The van der Waals surface area contributed by atoms with Crippen LogP contribution in [0.5, 0.6) is 11.5 Å². The number of aromatic amines is 1. The van der Waals surface area contributed by atoms with Crippen molar-refractivity contribution in [2.24, 2.45) is 0 Å². The van der Waals surface area contributed by atoms with Crippen LogP contribution < -0.4 is 14.8 Å². The fraction of sp³-hybridized carbons (Fsp3) is 0.250. The largest absolute Gasteiger partial charge is 0.493 e. The maximum absolute atomic E-state index is 13.2. The van der Waals surface area contributed by atoms with Gasteiger partial charge >= 0.3 is 5.69 Å². The van der Waals surface area contributed by atoms with E-state index in [1.165, 1.54) is 41.6 Å². The third kappa shape index (κ3) is 6.82. The molecule has 8 heteroatoms. The Morgan fingerprint density at radius 1 is 0.909 bits per heavy atom. The van der Waals surface area contributed by atoms with Gasteiger partial charge in [0.05, 0.1) is 18.1 Å². The lowest BCUT2D eigenvalue weighted by atomic mass is 9.96. The van der Waals surface area contributed by atoms with Crippen LogP contribution >= 0.6 is 0 Å². The molecular formula is C36H35N3O5. The average molecular weight is 590 g/mol. The van der Waals surface area contributed by atoms with E-state index in [9.17, 15) is 14.9 Å². The minimum absolute atomic E-state index is 0.0148. The van der Waals surface area contributed by atoms with Crippen LogP contribution in [0.4, 0.5) is 5.69 Å². The first-order valence-corrected chi connectivity index (χ1v) is 15.1. The number of carbonyl (C=O) groups is 1. The van der Waals surface area contributed by atoms with Crippen molar-refractivity contribution in [3.8, 4) is 11.5 Å². The van der Waals surface area contributed by atoms with Crippen molar-refractivity contribution in [3.63, 3.8) is 0 Å². The normalized spacial score (nSPS) is 13.3. The second kappa shape index (κ2) is 13.6. The van der Waals surface area contributed by atoms with Gasteiger partial charge in [-0.25, -0.2) is 0 Å². The quantitative estimate of drug-likeness (QED) is 0.0836.